The minimum atomic E-state index is -0.561. The average Bonchev–Trinajstić information content (AvgIpc) is 2.31. The molecule has 0 amide bonds. The lowest BCUT2D eigenvalue weighted by Crippen LogP contribution is -2.39. The Morgan fingerprint density at radius 1 is 1.31 bits per heavy atom. The van der Waals surface area contributed by atoms with Crippen LogP contribution in [-0.2, 0) is 9.47 Å². The zero-order valence-corrected chi connectivity index (χ0v) is 10.9. The fraction of sp³-hybridized carbons (Fsp3) is 1.00. The molecule has 0 spiro atoms. The number of hydrogen-bond acceptors (Lipinski definition) is 4. The SMILES string of the molecule is CCCCOCC(O)COC(C)(CC)CN. The third-order valence-corrected chi connectivity index (χ3v) is 2.76. The zero-order chi connectivity index (χ0) is 12.4. The Kier molecular flexibility index (Phi) is 8.84. The summed E-state index contributed by atoms with van der Waals surface area (Å²) in [5, 5.41) is 9.61. The lowest BCUT2D eigenvalue weighted by molar-refractivity contribution is -0.0845. The molecule has 0 aromatic heterocycles. The topological polar surface area (TPSA) is 64.7 Å². The predicted molar refractivity (Wildman–Crippen MR) is 65.4 cm³/mol. The van der Waals surface area contributed by atoms with Gasteiger partial charge in [-0.05, 0) is 19.8 Å². The van der Waals surface area contributed by atoms with Crippen LogP contribution >= 0.6 is 0 Å². The third-order valence-electron chi connectivity index (χ3n) is 2.76. The van der Waals surface area contributed by atoms with Crippen molar-refractivity contribution in [3.8, 4) is 0 Å². The van der Waals surface area contributed by atoms with E-state index in [1.807, 2.05) is 13.8 Å². The fourth-order valence-corrected chi connectivity index (χ4v) is 1.12. The van der Waals surface area contributed by atoms with Gasteiger partial charge in [-0.1, -0.05) is 20.3 Å². The van der Waals surface area contributed by atoms with Crippen molar-refractivity contribution in [3.05, 3.63) is 0 Å². The smallest absolute Gasteiger partial charge is 0.101 e. The molecule has 0 aliphatic heterocycles. The van der Waals surface area contributed by atoms with Crippen LogP contribution in [0.4, 0.5) is 0 Å². The van der Waals surface area contributed by atoms with E-state index in [-0.39, 0.29) is 12.2 Å². The molecule has 0 bridgehead atoms. The summed E-state index contributed by atoms with van der Waals surface area (Å²) in [5.74, 6) is 0. The lowest BCUT2D eigenvalue weighted by atomic mass is 10.0. The van der Waals surface area contributed by atoms with E-state index in [1.165, 1.54) is 0 Å². The summed E-state index contributed by atoms with van der Waals surface area (Å²) < 4.78 is 10.9. The number of rotatable bonds is 10. The largest absolute Gasteiger partial charge is 0.388 e. The molecule has 0 saturated carbocycles. The van der Waals surface area contributed by atoms with Gasteiger partial charge in [0.1, 0.15) is 6.10 Å². The third kappa shape index (κ3) is 7.17. The molecule has 0 aromatic carbocycles. The fourth-order valence-electron chi connectivity index (χ4n) is 1.12. The van der Waals surface area contributed by atoms with Crippen LogP contribution in [0, 0.1) is 0 Å². The van der Waals surface area contributed by atoms with Gasteiger partial charge in [0.15, 0.2) is 0 Å². The van der Waals surface area contributed by atoms with Gasteiger partial charge in [-0.15, -0.1) is 0 Å². The summed E-state index contributed by atoms with van der Waals surface area (Å²) in [5.41, 5.74) is 5.28. The highest BCUT2D eigenvalue weighted by Gasteiger charge is 2.21. The van der Waals surface area contributed by atoms with Crippen LogP contribution in [0.2, 0.25) is 0 Å². The van der Waals surface area contributed by atoms with Gasteiger partial charge in [0.2, 0.25) is 0 Å². The van der Waals surface area contributed by atoms with E-state index in [0.29, 0.717) is 19.8 Å². The van der Waals surface area contributed by atoms with Gasteiger partial charge in [0.05, 0.1) is 18.8 Å². The monoisotopic (exact) mass is 233 g/mol. The Bertz CT molecular complexity index is 160. The van der Waals surface area contributed by atoms with Crippen LogP contribution in [0.5, 0.6) is 0 Å². The molecule has 3 N–H and O–H groups in total. The van der Waals surface area contributed by atoms with Gasteiger partial charge >= 0.3 is 0 Å². The second-order valence-corrected chi connectivity index (χ2v) is 4.40. The first-order valence-corrected chi connectivity index (χ1v) is 6.17. The van der Waals surface area contributed by atoms with Crippen LogP contribution < -0.4 is 5.73 Å². The Hall–Kier alpha value is -0.160. The average molecular weight is 233 g/mol. The quantitative estimate of drug-likeness (QED) is 0.558. The van der Waals surface area contributed by atoms with Crippen molar-refractivity contribution in [1.82, 2.24) is 0 Å². The van der Waals surface area contributed by atoms with Crippen molar-refractivity contribution < 1.29 is 14.6 Å². The van der Waals surface area contributed by atoms with Gasteiger partial charge in [-0.3, -0.25) is 0 Å². The number of hydrogen-bond donors (Lipinski definition) is 2. The lowest BCUT2D eigenvalue weighted by Gasteiger charge is -2.28. The second-order valence-electron chi connectivity index (χ2n) is 4.40. The number of aliphatic hydroxyl groups excluding tert-OH is 1. The first-order chi connectivity index (χ1) is 7.58. The van der Waals surface area contributed by atoms with Crippen LogP contribution in [-0.4, -0.2) is 43.2 Å². The zero-order valence-electron chi connectivity index (χ0n) is 10.9. The number of nitrogens with two attached hydrogens (primary N) is 1. The van der Waals surface area contributed by atoms with Gasteiger partial charge < -0.3 is 20.3 Å². The number of unbranched alkanes of at least 4 members (excludes halogenated alkanes) is 1. The molecular formula is C12H27NO3. The molecule has 0 fully saturated rings. The first-order valence-electron chi connectivity index (χ1n) is 6.17. The summed E-state index contributed by atoms with van der Waals surface area (Å²) in [4.78, 5) is 0. The number of ether oxygens (including phenoxy) is 2. The van der Waals surface area contributed by atoms with Crippen LogP contribution in [0.25, 0.3) is 0 Å². The van der Waals surface area contributed by atoms with Gasteiger partial charge in [-0.25, -0.2) is 0 Å². The second kappa shape index (κ2) is 8.93. The van der Waals surface area contributed by atoms with E-state index in [2.05, 4.69) is 6.92 Å². The van der Waals surface area contributed by atoms with Crippen molar-refractivity contribution in [2.24, 2.45) is 5.73 Å². The van der Waals surface area contributed by atoms with Crippen molar-refractivity contribution in [3.63, 3.8) is 0 Å². The summed E-state index contributed by atoms with van der Waals surface area (Å²) in [6.07, 6.45) is 2.41. The van der Waals surface area contributed by atoms with E-state index in [9.17, 15) is 5.11 Å². The summed E-state index contributed by atoms with van der Waals surface area (Å²) >= 11 is 0. The molecule has 4 heteroatoms. The number of aliphatic hydroxyl groups is 1. The molecule has 0 aromatic rings. The van der Waals surface area contributed by atoms with E-state index >= 15 is 0 Å². The maximum absolute atomic E-state index is 9.61. The van der Waals surface area contributed by atoms with Crippen molar-refractivity contribution >= 4 is 0 Å². The highest BCUT2D eigenvalue weighted by Crippen LogP contribution is 2.13. The van der Waals surface area contributed by atoms with Crippen molar-refractivity contribution in [2.45, 2.75) is 51.7 Å². The molecular weight excluding hydrogens is 206 g/mol. The molecule has 0 radical (unpaired) electrons. The van der Waals surface area contributed by atoms with Crippen LogP contribution in [0.1, 0.15) is 40.0 Å². The molecule has 4 nitrogen and oxygen atoms in total. The normalized spacial score (nSPS) is 17.1. The van der Waals surface area contributed by atoms with Gasteiger partial charge in [-0.2, -0.15) is 0 Å². The van der Waals surface area contributed by atoms with E-state index < -0.39 is 6.10 Å². The summed E-state index contributed by atoms with van der Waals surface area (Å²) in [6.45, 7) is 7.88. The highest BCUT2D eigenvalue weighted by molar-refractivity contribution is 4.74. The van der Waals surface area contributed by atoms with Gasteiger partial charge in [0, 0.05) is 13.2 Å². The van der Waals surface area contributed by atoms with Crippen LogP contribution in [0.15, 0.2) is 0 Å². The summed E-state index contributed by atoms with van der Waals surface area (Å²) in [6, 6.07) is 0. The molecule has 0 rings (SSSR count). The minimum absolute atomic E-state index is 0.285. The Balaban J connectivity index is 3.59. The van der Waals surface area contributed by atoms with E-state index in [1.54, 1.807) is 0 Å². The summed E-state index contributed by atoms with van der Waals surface area (Å²) in [7, 11) is 0. The molecule has 0 aliphatic carbocycles. The molecule has 0 aliphatic rings. The van der Waals surface area contributed by atoms with Crippen molar-refractivity contribution in [2.75, 3.05) is 26.4 Å². The molecule has 0 heterocycles. The first kappa shape index (κ1) is 15.8. The van der Waals surface area contributed by atoms with Crippen LogP contribution in [0.3, 0.4) is 0 Å². The van der Waals surface area contributed by atoms with Crippen molar-refractivity contribution in [1.29, 1.82) is 0 Å². The van der Waals surface area contributed by atoms with E-state index in [0.717, 1.165) is 19.3 Å². The standard InChI is InChI=1S/C12H27NO3/c1-4-6-7-15-8-11(14)9-16-12(3,5-2)10-13/h11,14H,4-10,13H2,1-3H3. The predicted octanol–water partition coefficient (Wildman–Crippen LogP) is 1.31. The Morgan fingerprint density at radius 2 is 2.00 bits per heavy atom. The maximum Gasteiger partial charge on any atom is 0.101 e. The molecule has 98 valence electrons. The van der Waals surface area contributed by atoms with E-state index in [4.69, 9.17) is 15.2 Å². The maximum atomic E-state index is 9.61. The van der Waals surface area contributed by atoms with Gasteiger partial charge in [0.25, 0.3) is 0 Å². The Morgan fingerprint density at radius 3 is 2.50 bits per heavy atom. The molecule has 2 unspecified atom stereocenters. The molecule has 2 atom stereocenters. The minimum Gasteiger partial charge on any atom is -0.388 e. The molecule has 0 saturated heterocycles. The molecule has 16 heavy (non-hydrogen) atoms. The highest BCUT2D eigenvalue weighted by atomic mass is 16.5. The Labute approximate surface area is 99.1 Å².